The fourth-order valence-corrected chi connectivity index (χ4v) is 9.17. The molecule has 1 heterocycles. The first kappa shape index (κ1) is 21.5. The van der Waals surface area contributed by atoms with E-state index >= 15 is 0 Å². The summed E-state index contributed by atoms with van der Waals surface area (Å²) >= 11 is 0. The number of fused-ring (bicyclic) bond motifs is 5. The van der Waals surface area contributed by atoms with E-state index < -0.39 is 5.60 Å². The van der Waals surface area contributed by atoms with Gasteiger partial charge in [0, 0.05) is 18.4 Å². The van der Waals surface area contributed by atoms with Gasteiger partial charge < -0.3 is 14.6 Å². The highest BCUT2D eigenvalue weighted by atomic mass is 16.5. The topological polar surface area (TPSA) is 72.8 Å². The minimum absolute atomic E-state index is 0.0502. The molecule has 4 saturated carbocycles. The van der Waals surface area contributed by atoms with Crippen molar-refractivity contribution >= 4 is 11.9 Å². The maximum Gasteiger partial charge on any atom is 0.331 e. The zero-order valence-corrected chi connectivity index (χ0v) is 19.5. The number of esters is 2. The summed E-state index contributed by atoms with van der Waals surface area (Å²) < 4.78 is 10.9. The number of aliphatic hydroxyl groups is 1. The maximum absolute atomic E-state index is 12.3. The van der Waals surface area contributed by atoms with Gasteiger partial charge in [-0.3, -0.25) is 4.79 Å². The van der Waals surface area contributed by atoms with Crippen LogP contribution in [0.1, 0.15) is 79.1 Å². The molecule has 0 aromatic heterocycles. The molecule has 5 heteroatoms. The molecular formula is C26H38O5. The van der Waals surface area contributed by atoms with Crippen molar-refractivity contribution in [1.29, 1.82) is 0 Å². The van der Waals surface area contributed by atoms with E-state index in [1.54, 1.807) is 6.08 Å². The second-order valence-corrected chi connectivity index (χ2v) is 11.8. The van der Waals surface area contributed by atoms with Gasteiger partial charge in [0.1, 0.15) is 12.7 Å². The third-order valence-electron chi connectivity index (χ3n) is 10.6. The lowest BCUT2D eigenvalue weighted by Gasteiger charge is -2.65. The van der Waals surface area contributed by atoms with Gasteiger partial charge in [-0.05, 0) is 91.9 Å². The average Bonchev–Trinajstić information content (AvgIpc) is 3.23. The highest BCUT2D eigenvalue weighted by molar-refractivity contribution is 5.85. The van der Waals surface area contributed by atoms with E-state index in [2.05, 4.69) is 20.8 Å². The van der Waals surface area contributed by atoms with Crippen molar-refractivity contribution in [3.05, 3.63) is 11.6 Å². The molecule has 0 radical (unpaired) electrons. The molecule has 0 aromatic rings. The van der Waals surface area contributed by atoms with Gasteiger partial charge >= 0.3 is 11.9 Å². The van der Waals surface area contributed by atoms with Gasteiger partial charge in [0.05, 0.1) is 5.60 Å². The van der Waals surface area contributed by atoms with E-state index in [1.165, 1.54) is 6.92 Å². The number of hydrogen-bond acceptors (Lipinski definition) is 5. The van der Waals surface area contributed by atoms with Crippen LogP contribution in [0.5, 0.6) is 0 Å². The summed E-state index contributed by atoms with van der Waals surface area (Å²) in [4.78, 5) is 23.3. The summed E-state index contributed by atoms with van der Waals surface area (Å²) in [5.41, 5.74) is 0.421. The molecule has 0 saturated heterocycles. The van der Waals surface area contributed by atoms with Gasteiger partial charge in [0.2, 0.25) is 0 Å². The zero-order chi connectivity index (χ0) is 22.2. The molecule has 4 fully saturated rings. The summed E-state index contributed by atoms with van der Waals surface area (Å²) in [5.74, 6) is 1.71. The third kappa shape index (κ3) is 2.98. The van der Waals surface area contributed by atoms with Crippen LogP contribution in [-0.2, 0) is 19.1 Å². The lowest BCUT2D eigenvalue weighted by atomic mass is 9.41. The molecule has 4 aliphatic carbocycles. The van der Waals surface area contributed by atoms with Crippen LogP contribution < -0.4 is 0 Å². The summed E-state index contributed by atoms with van der Waals surface area (Å²) in [7, 11) is 0. The average molecular weight is 431 g/mol. The summed E-state index contributed by atoms with van der Waals surface area (Å²) in [6.07, 6.45) is 9.67. The van der Waals surface area contributed by atoms with E-state index in [0.29, 0.717) is 30.3 Å². The smallest absolute Gasteiger partial charge is 0.331 e. The van der Waals surface area contributed by atoms with Crippen LogP contribution in [-0.4, -0.2) is 35.4 Å². The first-order chi connectivity index (χ1) is 14.6. The van der Waals surface area contributed by atoms with Crippen LogP contribution in [0.4, 0.5) is 0 Å². The molecule has 5 aliphatic rings. The Morgan fingerprint density at radius 2 is 1.87 bits per heavy atom. The normalized spacial score (nSPS) is 51.3. The van der Waals surface area contributed by atoms with Gasteiger partial charge in [-0.1, -0.05) is 20.8 Å². The van der Waals surface area contributed by atoms with E-state index in [9.17, 15) is 14.7 Å². The lowest BCUT2D eigenvalue weighted by molar-refractivity contribution is -0.220. The Bertz CT molecular complexity index is 819. The number of carbonyl (C=O) groups is 2. The molecule has 1 N–H and O–H groups in total. The summed E-state index contributed by atoms with van der Waals surface area (Å²) in [5, 5.41) is 12.3. The largest absolute Gasteiger partial charge is 0.463 e. The second-order valence-electron chi connectivity index (χ2n) is 11.8. The van der Waals surface area contributed by atoms with Crippen molar-refractivity contribution in [3.63, 3.8) is 0 Å². The number of hydrogen-bond donors (Lipinski definition) is 1. The minimum Gasteiger partial charge on any atom is -0.463 e. The molecule has 172 valence electrons. The van der Waals surface area contributed by atoms with Crippen LogP contribution in [0.3, 0.4) is 0 Å². The predicted octanol–water partition coefficient (Wildman–Crippen LogP) is 4.42. The Kier molecular flexibility index (Phi) is 4.90. The highest BCUT2D eigenvalue weighted by Crippen LogP contribution is 2.70. The maximum atomic E-state index is 12.3. The molecule has 1 aliphatic heterocycles. The van der Waals surface area contributed by atoms with Gasteiger partial charge in [0.25, 0.3) is 0 Å². The zero-order valence-electron chi connectivity index (χ0n) is 19.5. The van der Waals surface area contributed by atoms with Crippen molar-refractivity contribution in [3.8, 4) is 0 Å². The number of rotatable bonds is 2. The van der Waals surface area contributed by atoms with Gasteiger partial charge in [-0.15, -0.1) is 0 Å². The Morgan fingerprint density at radius 3 is 2.55 bits per heavy atom. The first-order valence-electron chi connectivity index (χ1n) is 12.4. The Hall–Kier alpha value is -1.36. The fourth-order valence-electron chi connectivity index (χ4n) is 9.17. The van der Waals surface area contributed by atoms with Crippen molar-refractivity contribution in [2.45, 2.75) is 90.8 Å². The molecule has 0 spiro atoms. The van der Waals surface area contributed by atoms with Crippen molar-refractivity contribution in [2.24, 2.45) is 40.4 Å². The number of cyclic esters (lactones) is 1. The molecule has 0 amide bonds. The fraction of sp³-hybridized carbons (Fsp3) is 0.846. The van der Waals surface area contributed by atoms with Crippen LogP contribution in [0.25, 0.3) is 0 Å². The predicted molar refractivity (Wildman–Crippen MR) is 116 cm³/mol. The van der Waals surface area contributed by atoms with Gasteiger partial charge in [0.15, 0.2) is 0 Å². The molecular weight excluding hydrogens is 392 g/mol. The van der Waals surface area contributed by atoms with Crippen molar-refractivity contribution < 1.29 is 24.2 Å². The summed E-state index contributed by atoms with van der Waals surface area (Å²) in [6, 6.07) is 0. The van der Waals surface area contributed by atoms with Gasteiger partial charge in [-0.2, -0.15) is 0 Å². The van der Waals surface area contributed by atoms with E-state index in [0.717, 1.165) is 56.9 Å². The monoisotopic (exact) mass is 430 g/mol. The standard InChI is InChI=1S/C26H38O5/c1-15-11-22-20(24(3)8-5-18(13-21(15)24)31-16(2)27)6-9-25(4)19(7-10-26(22,25)29)17-12-23(28)30-14-17/h12,15,18-22,29H,5-11,13-14H2,1-4H3/t15-,18-,19+,20-,21-,22+,24+,25+,26-/m0/s1. The van der Waals surface area contributed by atoms with Crippen LogP contribution >= 0.6 is 0 Å². The molecule has 0 aromatic carbocycles. The third-order valence-corrected chi connectivity index (χ3v) is 10.6. The van der Waals surface area contributed by atoms with Gasteiger partial charge in [-0.25, -0.2) is 4.79 Å². The molecule has 0 bridgehead atoms. The SMILES string of the molecule is CC(=O)O[C@H]1CC[C@]2(C)[C@H]3CC[C@]4(C)[C@@H](C5=CC(=O)OC5)CC[C@]4(O)[C@@H]3C[C@H](C)[C@@H]2C1. The molecule has 5 nitrogen and oxygen atoms in total. The number of carbonyl (C=O) groups excluding carboxylic acids is 2. The highest BCUT2D eigenvalue weighted by Gasteiger charge is 2.68. The Balaban J connectivity index is 1.43. The molecule has 0 unspecified atom stereocenters. The quantitative estimate of drug-likeness (QED) is 0.657. The lowest BCUT2D eigenvalue weighted by Crippen LogP contribution is -2.63. The molecule has 9 atom stereocenters. The van der Waals surface area contributed by atoms with Crippen LogP contribution in [0.2, 0.25) is 0 Å². The Labute approximate surface area is 185 Å². The van der Waals surface area contributed by atoms with Crippen LogP contribution in [0, 0.1) is 40.4 Å². The second kappa shape index (κ2) is 7.07. The van der Waals surface area contributed by atoms with E-state index in [4.69, 9.17) is 9.47 Å². The summed E-state index contributed by atoms with van der Waals surface area (Å²) in [6.45, 7) is 9.00. The van der Waals surface area contributed by atoms with Crippen molar-refractivity contribution in [2.75, 3.05) is 6.61 Å². The minimum atomic E-state index is -0.679. The number of ether oxygens (including phenoxy) is 2. The first-order valence-corrected chi connectivity index (χ1v) is 12.4. The Morgan fingerprint density at radius 1 is 1.10 bits per heavy atom. The van der Waals surface area contributed by atoms with Crippen molar-refractivity contribution in [1.82, 2.24) is 0 Å². The van der Waals surface area contributed by atoms with E-state index in [1.807, 2.05) is 0 Å². The molecule has 31 heavy (non-hydrogen) atoms. The van der Waals surface area contributed by atoms with E-state index in [-0.39, 0.29) is 34.8 Å². The molecule has 5 rings (SSSR count). The van der Waals surface area contributed by atoms with Crippen LogP contribution in [0.15, 0.2) is 11.6 Å².